The molecule has 1 atom stereocenters. The van der Waals surface area contributed by atoms with Gasteiger partial charge in [-0.25, -0.2) is 0 Å². The van der Waals surface area contributed by atoms with Crippen LogP contribution in [0.4, 0.5) is 0 Å². The van der Waals surface area contributed by atoms with E-state index in [0.717, 1.165) is 5.56 Å². The normalized spacial score (nSPS) is 12.5. The molecule has 1 amide bonds. The maximum atomic E-state index is 11.2. The Morgan fingerprint density at radius 1 is 1.35 bits per heavy atom. The first kappa shape index (κ1) is 14.1. The van der Waals surface area contributed by atoms with E-state index in [4.69, 9.17) is 5.73 Å². The van der Waals surface area contributed by atoms with Crippen LogP contribution in [0.15, 0.2) is 29.2 Å². The second-order valence-corrected chi connectivity index (χ2v) is 5.87. The van der Waals surface area contributed by atoms with Crippen molar-refractivity contribution in [1.29, 1.82) is 0 Å². The Hall–Kier alpha value is -1.00. The van der Waals surface area contributed by atoms with E-state index in [0.29, 0.717) is 11.7 Å². The largest absolute Gasteiger partial charge is 0.359 e. The lowest BCUT2D eigenvalue weighted by Gasteiger charge is -2.12. The molecule has 0 saturated heterocycles. The average molecular weight is 252 g/mol. The van der Waals surface area contributed by atoms with Crippen molar-refractivity contribution >= 4 is 17.7 Å². The molecule has 0 aliphatic carbocycles. The monoisotopic (exact) mass is 252 g/mol. The Morgan fingerprint density at radius 3 is 2.41 bits per heavy atom. The van der Waals surface area contributed by atoms with E-state index < -0.39 is 0 Å². The van der Waals surface area contributed by atoms with Crippen LogP contribution in [0.5, 0.6) is 0 Å². The molecule has 0 aliphatic heterocycles. The van der Waals surface area contributed by atoms with E-state index in [2.05, 4.69) is 31.3 Å². The second-order valence-electron chi connectivity index (χ2n) is 4.22. The lowest BCUT2D eigenvalue weighted by Crippen LogP contribution is -2.24. The van der Waals surface area contributed by atoms with Crippen LogP contribution >= 0.6 is 11.8 Å². The van der Waals surface area contributed by atoms with Gasteiger partial charge in [0.15, 0.2) is 0 Å². The van der Waals surface area contributed by atoms with Gasteiger partial charge in [-0.1, -0.05) is 26.0 Å². The van der Waals surface area contributed by atoms with E-state index in [1.54, 1.807) is 7.05 Å². The van der Waals surface area contributed by atoms with E-state index in [-0.39, 0.29) is 11.9 Å². The summed E-state index contributed by atoms with van der Waals surface area (Å²) in [7, 11) is 1.62. The van der Waals surface area contributed by atoms with Crippen LogP contribution in [0.2, 0.25) is 0 Å². The molecule has 0 spiro atoms. The van der Waals surface area contributed by atoms with Gasteiger partial charge >= 0.3 is 0 Å². The highest BCUT2D eigenvalue weighted by atomic mass is 32.2. The predicted octanol–water partition coefficient (Wildman–Crippen LogP) is 2.32. The highest BCUT2D eigenvalue weighted by molar-refractivity contribution is 7.99. The van der Waals surface area contributed by atoms with Gasteiger partial charge in [-0.05, 0) is 17.7 Å². The average Bonchev–Trinajstić information content (AvgIpc) is 2.28. The summed E-state index contributed by atoms with van der Waals surface area (Å²) in [5.74, 6) is -0.0295. The topological polar surface area (TPSA) is 55.1 Å². The molecule has 0 radical (unpaired) electrons. The molecule has 3 nitrogen and oxygen atoms in total. The van der Waals surface area contributed by atoms with Crippen molar-refractivity contribution in [3.05, 3.63) is 29.8 Å². The summed E-state index contributed by atoms with van der Waals surface area (Å²) in [5.41, 5.74) is 6.96. The Kier molecular flexibility index (Phi) is 5.51. The molecule has 0 aliphatic rings. The molecule has 1 unspecified atom stereocenters. The molecule has 94 valence electrons. The molecule has 0 saturated carbocycles. The SMILES string of the molecule is CNC(=O)CC(N)c1ccc(SC(C)C)cc1. The van der Waals surface area contributed by atoms with Crippen molar-refractivity contribution in [2.24, 2.45) is 5.73 Å². The van der Waals surface area contributed by atoms with Gasteiger partial charge in [0.25, 0.3) is 0 Å². The van der Waals surface area contributed by atoms with Crippen molar-refractivity contribution < 1.29 is 4.79 Å². The second kappa shape index (κ2) is 6.67. The van der Waals surface area contributed by atoms with E-state index >= 15 is 0 Å². The number of amides is 1. The van der Waals surface area contributed by atoms with Gasteiger partial charge < -0.3 is 11.1 Å². The first-order valence-electron chi connectivity index (χ1n) is 5.75. The van der Waals surface area contributed by atoms with Gasteiger partial charge in [0.05, 0.1) is 0 Å². The van der Waals surface area contributed by atoms with Crippen LogP contribution in [-0.2, 0) is 4.79 Å². The van der Waals surface area contributed by atoms with Crippen LogP contribution in [0.3, 0.4) is 0 Å². The zero-order chi connectivity index (χ0) is 12.8. The van der Waals surface area contributed by atoms with Crippen LogP contribution < -0.4 is 11.1 Å². The molecule has 0 fully saturated rings. The standard InChI is InChI=1S/C13H20N2OS/c1-9(2)17-11-6-4-10(5-7-11)12(14)8-13(16)15-3/h4-7,9,12H,8,14H2,1-3H3,(H,15,16). The summed E-state index contributed by atoms with van der Waals surface area (Å²) in [4.78, 5) is 12.4. The summed E-state index contributed by atoms with van der Waals surface area (Å²) in [5, 5.41) is 3.15. The maximum Gasteiger partial charge on any atom is 0.221 e. The summed E-state index contributed by atoms with van der Waals surface area (Å²) in [6, 6.07) is 7.89. The lowest BCUT2D eigenvalue weighted by atomic mass is 10.0. The highest BCUT2D eigenvalue weighted by Crippen LogP contribution is 2.24. The van der Waals surface area contributed by atoms with Crippen molar-refractivity contribution in [2.45, 2.75) is 36.5 Å². The van der Waals surface area contributed by atoms with Gasteiger partial charge in [0, 0.05) is 29.7 Å². The molecule has 1 aromatic rings. The number of carbonyl (C=O) groups excluding carboxylic acids is 1. The summed E-state index contributed by atoms with van der Waals surface area (Å²) in [6.45, 7) is 4.33. The minimum absolute atomic E-state index is 0.0295. The highest BCUT2D eigenvalue weighted by Gasteiger charge is 2.10. The van der Waals surface area contributed by atoms with Gasteiger partial charge in [0.2, 0.25) is 5.91 Å². The first-order chi connectivity index (χ1) is 8.02. The molecular formula is C13H20N2OS. The van der Waals surface area contributed by atoms with Crippen LogP contribution in [0.25, 0.3) is 0 Å². The number of hydrogen-bond donors (Lipinski definition) is 2. The number of hydrogen-bond acceptors (Lipinski definition) is 3. The Morgan fingerprint density at radius 2 is 1.94 bits per heavy atom. The molecule has 1 aromatic carbocycles. The molecule has 17 heavy (non-hydrogen) atoms. The van der Waals surface area contributed by atoms with E-state index in [9.17, 15) is 4.79 Å². The fraction of sp³-hybridized carbons (Fsp3) is 0.462. The first-order valence-corrected chi connectivity index (χ1v) is 6.63. The minimum Gasteiger partial charge on any atom is -0.359 e. The maximum absolute atomic E-state index is 11.2. The molecule has 4 heteroatoms. The fourth-order valence-corrected chi connectivity index (χ4v) is 2.32. The quantitative estimate of drug-likeness (QED) is 0.791. The predicted molar refractivity (Wildman–Crippen MR) is 73.0 cm³/mol. The molecular weight excluding hydrogens is 232 g/mol. The lowest BCUT2D eigenvalue weighted by molar-refractivity contribution is -0.120. The molecule has 0 bridgehead atoms. The van der Waals surface area contributed by atoms with Crippen molar-refractivity contribution in [3.8, 4) is 0 Å². The third kappa shape index (κ3) is 4.79. The smallest absolute Gasteiger partial charge is 0.221 e. The Balaban J connectivity index is 2.63. The molecule has 0 aromatic heterocycles. The summed E-state index contributed by atoms with van der Waals surface area (Å²) in [6.07, 6.45) is 0.327. The number of thioether (sulfide) groups is 1. The van der Waals surface area contributed by atoms with E-state index in [1.165, 1.54) is 4.90 Å². The Labute approximate surface area is 107 Å². The zero-order valence-corrected chi connectivity index (χ0v) is 11.4. The van der Waals surface area contributed by atoms with Gasteiger partial charge in [-0.15, -0.1) is 11.8 Å². The summed E-state index contributed by atoms with van der Waals surface area (Å²) >= 11 is 1.82. The van der Waals surface area contributed by atoms with Gasteiger partial charge in [0.1, 0.15) is 0 Å². The molecule has 0 heterocycles. The summed E-state index contributed by atoms with van der Waals surface area (Å²) < 4.78 is 0. The number of carbonyl (C=O) groups is 1. The van der Waals surface area contributed by atoms with E-state index in [1.807, 2.05) is 23.9 Å². The third-order valence-corrected chi connectivity index (χ3v) is 3.38. The number of rotatable bonds is 5. The Bertz CT molecular complexity index is 362. The van der Waals surface area contributed by atoms with Gasteiger partial charge in [-0.2, -0.15) is 0 Å². The minimum atomic E-state index is -0.229. The number of nitrogens with two attached hydrogens (primary N) is 1. The third-order valence-electron chi connectivity index (χ3n) is 2.36. The zero-order valence-electron chi connectivity index (χ0n) is 10.6. The van der Waals surface area contributed by atoms with Crippen molar-refractivity contribution in [2.75, 3.05) is 7.05 Å². The van der Waals surface area contributed by atoms with Crippen LogP contribution in [0, 0.1) is 0 Å². The van der Waals surface area contributed by atoms with Gasteiger partial charge in [-0.3, -0.25) is 4.79 Å². The van der Waals surface area contributed by atoms with Crippen LogP contribution in [-0.4, -0.2) is 18.2 Å². The van der Waals surface area contributed by atoms with Crippen molar-refractivity contribution in [1.82, 2.24) is 5.32 Å². The molecule has 3 N–H and O–H groups in total. The molecule has 1 rings (SSSR count). The fourth-order valence-electron chi connectivity index (χ4n) is 1.49. The number of nitrogens with one attached hydrogen (secondary N) is 1. The van der Waals surface area contributed by atoms with Crippen LogP contribution in [0.1, 0.15) is 31.9 Å². The number of benzene rings is 1. The van der Waals surface area contributed by atoms with Crippen molar-refractivity contribution in [3.63, 3.8) is 0 Å².